The summed E-state index contributed by atoms with van der Waals surface area (Å²) in [5.74, 6) is 0. The highest BCUT2D eigenvalue weighted by atomic mass is 32.1. The second-order valence-electron chi connectivity index (χ2n) is 11.5. The fourth-order valence-corrected chi connectivity index (χ4v) is 7.89. The van der Waals surface area contributed by atoms with Gasteiger partial charge in [-0.3, -0.25) is 4.98 Å². The Morgan fingerprint density at radius 1 is 0.333 bits per heavy atom. The molecule has 0 radical (unpaired) electrons. The molecule has 0 atom stereocenters. The summed E-state index contributed by atoms with van der Waals surface area (Å²) in [4.78, 5) is 4.99. The number of hydrogen-bond donors (Lipinski definition) is 0. The molecular weight excluding hydrogens is 563 g/mol. The third-order valence-corrected chi connectivity index (χ3v) is 10.1. The number of aromatic nitrogens is 1. The van der Waals surface area contributed by atoms with Gasteiger partial charge in [-0.25, -0.2) is 0 Å². The van der Waals surface area contributed by atoms with Crippen molar-refractivity contribution in [1.82, 2.24) is 4.98 Å². The lowest BCUT2D eigenvalue weighted by Gasteiger charge is -2.17. The molecule has 1 nitrogen and oxygen atoms in total. The zero-order valence-electron chi connectivity index (χ0n) is 24.4. The van der Waals surface area contributed by atoms with Gasteiger partial charge in [0.25, 0.3) is 0 Å². The van der Waals surface area contributed by atoms with Gasteiger partial charge in [-0.05, 0) is 73.6 Å². The van der Waals surface area contributed by atoms with Gasteiger partial charge in [0, 0.05) is 37.5 Å². The van der Waals surface area contributed by atoms with Gasteiger partial charge in [0.05, 0.1) is 5.69 Å². The molecule has 0 spiro atoms. The number of fused-ring (bicyclic) bond motifs is 5. The van der Waals surface area contributed by atoms with E-state index in [-0.39, 0.29) is 0 Å². The van der Waals surface area contributed by atoms with Gasteiger partial charge in [0.15, 0.2) is 0 Å². The summed E-state index contributed by atoms with van der Waals surface area (Å²) in [6.45, 7) is 0. The molecule has 7 aromatic carbocycles. The third-order valence-electron chi connectivity index (χ3n) is 8.94. The van der Waals surface area contributed by atoms with E-state index < -0.39 is 0 Å². The molecule has 0 saturated carbocycles. The average molecular weight is 590 g/mol. The molecule has 0 fully saturated rings. The first-order chi connectivity index (χ1) is 22.3. The normalized spacial score (nSPS) is 11.6. The van der Waals surface area contributed by atoms with Crippen LogP contribution in [0.2, 0.25) is 0 Å². The van der Waals surface area contributed by atoms with E-state index >= 15 is 0 Å². The first-order valence-electron chi connectivity index (χ1n) is 15.3. The summed E-state index contributed by atoms with van der Waals surface area (Å²) >= 11 is 1.86. The van der Waals surface area contributed by atoms with E-state index in [0.29, 0.717) is 0 Å². The smallest absolute Gasteiger partial charge is 0.0702 e. The highest BCUT2D eigenvalue weighted by Gasteiger charge is 2.16. The molecule has 0 aliphatic rings. The van der Waals surface area contributed by atoms with Gasteiger partial charge < -0.3 is 0 Å². The summed E-state index contributed by atoms with van der Waals surface area (Å²) in [5.41, 5.74) is 9.40. The second kappa shape index (κ2) is 10.6. The Labute approximate surface area is 265 Å². The topological polar surface area (TPSA) is 12.9 Å². The Bertz CT molecular complexity index is 2450. The van der Waals surface area contributed by atoms with Crippen LogP contribution < -0.4 is 0 Å². The van der Waals surface area contributed by atoms with E-state index in [2.05, 4.69) is 158 Å². The first kappa shape index (κ1) is 25.9. The molecule has 9 aromatic rings. The van der Waals surface area contributed by atoms with Crippen molar-refractivity contribution >= 4 is 53.1 Å². The second-order valence-corrected chi connectivity index (χ2v) is 12.6. The zero-order valence-corrected chi connectivity index (χ0v) is 25.3. The van der Waals surface area contributed by atoms with Crippen molar-refractivity contribution in [3.63, 3.8) is 0 Å². The van der Waals surface area contributed by atoms with Crippen LogP contribution in [-0.2, 0) is 0 Å². The maximum absolute atomic E-state index is 4.99. The average Bonchev–Trinajstić information content (AvgIpc) is 3.49. The maximum Gasteiger partial charge on any atom is 0.0702 e. The van der Waals surface area contributed by atoms with Crippen LogP contribution in [-0.4, -0.2) is 4.98 Å². The number of hydrogen-bond acceptors (Lipinski definition) is 2. The van der Waals surface area contributed by atoms with Crippen molar-refractivity contribution in [1.29, 1.82) is 0 Å². The van der Waals surface area contributed by atoms with Crippen LogP contribution in [0.15, 0.2) is 164 Å². The van der Waals surface area contributed by atoms with Crippen LogP contribution >= 0.6 is 11.3 Å². The maximum atomic E-state index is 4.99. The minimum Gasteiger partial charge on any atom is -0.256 e. The van der Waals surface area contributed by atoms with Gasteiger partial charge in [-0.2, -0.15) is 0 Å². The van der Waals surface area contributed by atoms with Crippen molar-refractivity contribution in [3.8, 4) is 44.6 Å². The summed E-state index contributed by atoms with van der Waals surface area (Å²) < 4.78 is 2.67. The molecular formula is C43H27NS. The Kier molecular flexibility index (Phi) is 6.07. The van der Waals surface area contributed by atoms with Crippen LogP contribution in [0.5, 0.6) is 0 Å². The molecule has 0 aliphatic heterocycles. The molecule has 0 aliphatic carbocycles. The van der Waals surface area contributed by atoms with E-state index in [1.165, 1.54) is 69.5 Å². The summed E-state index contributed by atoms with van der Waals surface area (Å²) in [6.07, 6.45) is 2.04. The highest BCUT2D eigenvalue weighted by Crippen LogP contribution is 2.43. The van der Waals surface area contributed by atoms with E-state index in [9.17, 15) is 0 Å². The van der Waals surface area contributed by atoms with E-state index in [4.69, 9.17) is 4.98 Å². The molecule has 0 bridgehead atoms. The highest BCUT2D eigenvalue weighted by molar-refractivity contribution is 7.25. The van der Waals surface area contributed by atoms with Crippen molar-refractivity contribution in [2.24, 2.45) is 0 Å². The molecule has 2 heterocycles. The van der Waals surface area contributed by atoms with Crippen LogP contribution in [0.4, 0.5) is 0 Å². The number of benzene rings is 7. The summed E-state index contributed by atoms with van der Waals surface area (Å²) in [7, 11) is 0. The Morgan fingerprint density at radius 2 is 0.844 bits per heavy atom. The quantitative estimate of drug-likeness (QED) is 0.186. The lowest BCUT2D eigenvalue weighted by Crippen LogP contribution is -1.92. The van der Waals surface area contributed by atoms with Crippen molar-refractivity contribution in [2.45, 2.75) is 0 Å². The minimum absolute atomic E-state index is 0.971. The Balaban J connectivity index is 1.10. The number of pyridine rings is 1. The fraction of sp³-hybridized carbons (Fsp3) is 0. The van der Waals surface area contributed by atoms with E-state index in [1.807, 2.05) is 17.5 Å². The van der Waals surface area contributed by atoms with Gasteiger partial charge in [0.1, 0.15) is 0 Å². The lowest BCUT2D eigenvalue weighted by atomic mass is 9.86. The van der Waals surface area contributed by atoms with Crippen LogP contribution in [0.1, 0.15) is 0 Å². The van der Waals surface area contributed by atoms with Crippen LogP contribution in [0, 0.1) is 0 Å². The van der Waals surface area contributed by atoms with Gasteiger partial charge >= 0.3 is 0 Å². The molecule has 45 heavy (non-hydrogen) atoms. The molecule has 9 rings (SSSR count). The monoisotopic (exact) mass is 589 g/mol. The molecule has 0 amide bonds. The van der Waals surface area contributed by atoms with E-state index in [1.54, 1.807) is 0 Å². The molecule has 0 N–H and O–H groups in total. The predicted octanol–water partition coefficient (Wildman–Crippen LogP) is 12.4. The largest absolute Gasteiger partial charge is 0.256 e. The third kappa shape index (κ3) is 4.34. The molecule has 0 unspecified atom stereocenters. The number of nitrogens with zero attached hydrogens (tertiary/aromatic N) is 1. The Hall–Kier alpha value is -5.57. The minimum atomic E-state index is 0.971. The van der Waals surface area contributed by atoms with Gasteiger partial charge in [-0.15, -0.1) is 11.3 Å². The predicted molar refractivity (Wildman–Crippen MR) is 194 cm³/mol. The van der Waals surface area contributed by atoms with Gasteiger partial charge in [0.2, 0.25) is 0 Å². The molecule has 2 heteroatoms. The lowest BCUT2D eigenvalue weighted by molar-refractivity contribution is 1.33. The Morgan fingerprint density at radius 3 is 1.49 bits per heavy atom. The fourth-order valence-electron chi connectivity index (χ4n) is 6.81. The van der Waals surface area contributed by atoms with Crippen molar-refractivity contribution in [3.05, 3.63) is 164 Å². The SMILES string of the molecule is c1ccc(-c2c3ccccc3c(-c3ccc(-c4ccc(-c5ccc6sc7ccccc7c6c5)cc4)nc3)c3ccccc23)cc1. The summed E-state index contributed by atoms with van der Waals surface area (Å²) in [6, 6.07) is 56.9. The number of thiophene rings is 1. The van der Waals surface area contributed by atoms with Gasteiger partial charge in [-0.1, -0.05) is 133 Å². The van der Waals surface area contributed by atoms with Crippen molar-refractivity contribution in [2.75, 3.05) is 0 Å². The van der Waals surface area contributed by atoms with E-state index in [0.717, 1.165) is 16.8 Å². The number of rotatable bonds is 4. The molecule has 2 aromatic heterocycles. The van der Waals surface area contributed by atoms with Crippen LogP contribution in [0.3, 0.4) is 0 Å². The standard InChI is InChI=1S/C43H27NS/c1-2-10-30(11-3-1)42-34-13-4-6-15-36(34)43(37-16-7-5-14-35(37)42)32-22-24-39(44-27-32)29-20-18-28(19-21-29)31-23-25-41-38(26-31)33-12-8-9-17-40(33)45-41/h1-27H. The van der Waals surface area contributed by atoms with Crippen LogP contribution in [0.25, 0.3) is 86.4 Å². The molecule has 210 valence electrons. The summed E-state index contributed by atoms with van der Waals surface area (Å²) in [5, 5.41) is 7.65. The molecule has 0 saturated heterocycles. The first-order valence-corrected chi connectivity index (χ1v) is 16.1. The zero-order chi connectivity index (χ0) is 29.7. The van der Waals surface area contributed by atoms with Crippen molar-refractivity contribution < 1.29 is 0 Å².